The number of amides is 1. The Balaban J connectivity index is 2.58. The van der Waals surface area contributed by atoms with Crippen LogP contribution in [-0.4, -0.2) is 30.5 Å². The van der Waals surface area contributed by atoms with Crippen LogP contribution in [0.1, 0.15) is 13.8 Å². The number of nitrogens with two attached hydrogens (primary N) is 1. The topological polar surface area (TPSA) is 55.6 Å². The zero-order valence-electron chi connectivity index (χ0n) is 10.1. The van der Waals surface area contributed by atoms with E-state index in [0.29, 0.717) is 18.8 Å². The molecule has 0 radical (unpaired) electrons. The van der Waals surface area contributed by atoms with Gasteiger partial charge in [-0.15, -0.1) is 0 Å². The van der Waals surface area contributed by atoms with E-state index >= 15 is 0 Å². The highest BCUT2D eigenvalue weighted by Gasteiger charge is 2.11. The first kappa shape index (κ1) is 13.3. The fourth-order valence-corrected chi connectivity index (χ4v) is 1.46. The zero-order chi connectivity index (χ0) is 12.8. The van der Waals surface area contributed by atoms with Crippen molar-refractivity contribution < 1.29 is 13.9 Å². The van der Waals surface area contributed by atoms with Gasteiger partial charge < -0.3 is 15.4 Å². The van der Waals surface area contributed by atoms with E-state index in [0.717, 1.165) is 6.07 Å². The van der Waals surface area contributed by atoms with Gasteiger partial charge in [0.1, 0.15) is 11.6 Å². The molecule has 0 aliphatic rings. The Morgan fingerprint density at radius 3 is 2.59 bits per heavy atom. The number of rotatable bonds is 5. The van der Waals surface area contributed by atoms with Crippen LogP contribution in [0, 0.1) is 5.82 Å². The van der Waals surface area contributed by atoms with Gasteiger partial charge in [0.15, 0.2) is 6.61 Å². The number of benzene rings is 1. The van der Waals surface area contributed by atoms with E-state index in [1.54, 1.807) is 4.90 Å². The zero-order valence-corrected chi connectivity index (χ0v) is 10.1. The van der Waals surface area contributed by atoms with Crippen molar-refractivity contribution in [2.75, 3.05) is 25.4 Å². The number of hydrogen-bond donors (Lipinski definition) is 1. The van der Waals surface area contributed by atoms with Crippen molar-refractivity contribution >= 4 is 11.6 Å². The minimum atomic E-state index is -0.426. The van der Waals surface area contributed by atoms with Crippen LogP contribution in [0.2, 0.25) is 0 Å². The van der Waals surface area contributed by atoms with Crippen molar-refractivity contribution in [3.05, 3.63) is 24.0 Å². The number of carbonyl (C=O) groups is 1. The Kier molecular flexibility index (Phi) is 4.75. The Labute approximate surface area is 100 Å². The van der Waals surface area contributed by atoms with Crippen LogP contribution in [0.15, 0.2) is 18.2 Å². The molecule has 0 unspecified atom stereocenters. The third-order valence-electron chi connectivity index (χ3n) is 2.44. The molecule has 5 heteroatoms. The lowest BCUT2D eigenvalue weighted by atomic mass is 10.3. The summed E-state index contributed by atoms with van der Waals surface area (Å²) in [4.78, 5) is 13.3. The molecule has 1 amide bonds. The van der Waals surface area contributed by atoms with Gasteiger partial charge in [-0.3, -0.25) is 4.79 Å². The molecule has 0 fully saturated rings. The summed E-state index contributed by atoms with van der Waals surface area (Å²) < 4.78 is 18.0. The maximum Gasteiger partial charge on any atom is 0.260 e. The first-order valence-corrected chi connectivity index (χ1v) is 5.54. The summed E-state index contributed by atoms with van der Waals surface area (Å²) in [5, 5.41) is 0. The lowest BCUT2D eigenvalue weighted by Gasteiger charge is -2.18. The summed E-state index contributed by atoms with van der Waals surface area (Å²) in [6.07, 6.45) is 0. The second-order valence-electron chi connectivity index (χ2n) is 3.54. The van der Waals surface area contributed by atoms with Gasteiger partial charge in [-0.1, -0.05) is 0 Å². The molecular formula is C12H17FN2O2. The maximum atomic E-state index is 12.8. The van der Waals surface area contributed by atoms with Gasteiger partial charge in [-0.05, 0) is 26.0 Å². The molecule has 1 aromatic carbocycles. The molecule has 0 saturated heterocycles. The molecule has 0 aromatic heterocycles. The van der Waals surface area contributed by atoms with Crippen LogP contribution in [0.5, 0.6) is 5.75 Å². The summed E-state index contributed by atoms with van der Waals surface area (Å²) >= 11 is 0. The predicted octanol–water partition coefficient (Wildman–Crippen LogP) is 1.66. The molecule has 0 bridgehead atoms. The predicted molar refractivity (Wildman–Crippen MR) is 64.2 cm³/mol. The van der Waals surface area contributed by atoms with Crippen LogP contribution in [-0.2, 0) is 4.79 Å². The standard InChI is InChI=1S/C12H17FN2O2/c1-3-15(4-2)12(16)8-17-11-6-5-9(13)7-10(11)14/h5-7H,3-4,8,14H2,1-2H3. The van der Waals surface area contributed by atoms with E-state index < -0.39 is 5.82 Å². The molecule has 0 aliphatic heterocycles. The lowest BCUT2D eigenvalue weighted by Crippen LogP contribution is -2.34. The summed E-state index contributed by atoms with van der Waals surface area (Å²) in [5.41, 5.74) is 5.75. The fourth-order valence-electron chi connectivity index (χ4n) is 1.46. The molecular weight excluding hydrogens is 223 g/mol. The molecule has 0 atom stereocenters. The molecule has 0 saturated carbocycles. The number of nitrogen functional groups attached to an aromatic ring is 1. The van der Waals surface area contributed by atoms with Gasteiger partial charge >= 0.3 is 0 Å². The number of nitrogens with zero attached hydrogens (tertiary/aromatic N) is 1. The van der Waals surface area contributed by atoms with E-state index in [2.05, 4.69) is 0 Å². The Morgan fingerprint density at radius 2 is 2.06 bits per heavy atom. The Morgan fingerprint density at radius 1 is 1.41 bits per heavy atom. The highest BCUT2D eigenvalue weighted by molar-refractivity contribution is 5.77. The van der Waals surface area contributed by atoms with E-state index in [9.17, 15) is 9.18 Å². The molecule has 0 spiro atoms. The fraction of sp³-hybridized carbons (Fsp3) is 0.417. The third kappa shape index (κ3) is 3.62. The quantitative estimate of drug-likeness (QED) is 0.796. The Hall–Kier alpha value is -1.78. The van der Waals surface area contributed by atoms with Crippen molar-refractivity contribution in [1.82, 2.24) is 4.90 Å². The first-order chi connectivity index (χ1) is 8.08. The normalized spacial score (nSPS) is 10.1. The average molecular weight is 240 g/mol. The van der Waals surface area contributed by atoms with Gasteiger partial charge in [-0.2, -0.15) is 0 Å². The first-order valence-electron chi connectivity index (χ1n) is 5.54. The molecule has 1 rings (SSSR count). The van der Waals surface area contributed by atoms with E-state index in [-0.39, 0.29) is 18.2 Å². The van der Waals surface area contributed by atoms with Crippen molar-refractivity contribution in [3.8, 4) is 5.75 Å². The van der Waals surface area contributed by atoms with Crippen molar-refractivity contribution in [1.29, 1.82) is 0 Å². The highest BCUT2D eigenvalue weighted by Crippen LogP contribution is 2.21. The number of anilines is 1. The molecule has 4 nitrogen and oxygen atoms in total. The second kappa shape index (κ2) is 6.08. The number of ether oxygens (including phenoxy) is 1. The van der Waals surface area contributed by atoms with Crippen LogP contribution < -0.4 is 10.5 Å². The number of hydrogen-bond acceptors (Lipinski definition) is 3. The minimum Gasteiger partial charge on any atom is -0.482 e. The molecule has 0 heterocycles. The van der Waals surface area contributed by atoms with Crippen molar-refractivity contribution in [3.63, 3.8) is 0 Å². The van der Waals surface area contributed by atoms with Crippen molar-refractivity contribution in [2.24, 2.45) is 0 Å². The minimum absolute atomic E-state index is 0.0858. The van der Waals surface area contributed by atoms with Gasteiger partial charge in [0.2, 0.25) is 0 Å². The summed E-state index contributed by atoms with van der Waals surface area (Å²) in [6.45, 7) is 4.98. The van der Waals surface area contributed by atoms with Gasteiger partial charge in [0.25, 0.3) is 5.91 Å². The average Bonchev–Trinajstić information content (AvgIpc) is 2.29. The molecule has 0 aliphatic carbocycles. The molecule has 17 heavy (non-hydrogen) atoms. The third-order valence-corrected chi connectivity index (χ3v) is 2.44. The summed E-state index contributed by atoms with van der Waals surface area (Å²) in [7, 11) is 0. The smallest absolute Gasteiger partial charge is 0.260 e. The highest BCUT2D eigenvalue weighted by atomic mass is 19.1. The van der Waals surface area contributed by atoms with Gasteiger partial charge in [0.05, 0.1) is 5.69 Å². The van der Waals surface area contributed by atoms with Crippen molar-refractivity contribution in [2.45, 2.75) is 13.8 Å². The van der Waals surface area contributed by atoms with Gasteiger partial charge in [-0.25, -0.2) is 4.39 Å². The van der Waals surface area contributed by atoms with Gasteiger partial charge in [0, 0.05) is 19.2 Å². The molecule has 2 N–H and O–H groups in total. The maximum absolute atomic E-state index is 12.8. The van der Waals surface area contributed by atoms with Crippen LogP contribution >= 0.6 is 0 Å². The lowest BCUT2D eigenvalue weighted by molar-refractivity contribution is -0.132. The number of carbonyl (C=O) groups excluding carboxylic acids is 1. The number of halogens is 1. The van der Waals surface area contributed by atoms with E-state index in [1.165, 1.54) is 12.1 Å². The summed E-state index contributed by atoms with van der Waals surface area (Å²) in [5.74, 6) is -0.212. The number of likely N-dealkylation sites (N-methyl/N-ethyl adjacent to an activating group) is 1. The monoisotopic (exact) mass is 240 g/mol. The largest absolute Gasteiger partial charge is 0.482 e. The molecule has 94 valence electrons. The SMILES string of the molecule is CCN(CC)C(=O)COc1ccc(F)cc1N. The van der Waals surface area contributed by atoms with Crippen LogP contribution in [0.3, 0.4) is 0 Å². The van der Waals surface area contributed by atoms with Crippen LogP contribution in [0.25, 0.3) is 0 Å². The van der Waals surface area contributed by atoms with E-state index in [4.69, 9.17) is 10.5 Å². The Bertz CT molecular complexity index is 392. The molecule has 1 aromatic rings. The van der Waals surface area contributed by atoms with E-state index in [1.807, 2.05) is 13.8 Å². The second-order valence-corrected chi connectivity index (χ2v) is 3.54. The van der Waals surface area contributed by atoms with Crippen LogP contribution in [0.4, 0.5) is 10.1 Å². The summed E-state index contributed by atoms with van der Waals surface area (Å²) in [6, 6.07) is 3.82.